The molecular formula is C28H28FN5O3. The highest BCUT2D eigenvalue weighted by Gasteiger charge is 2.36. The highest BCUT2D eigenvalue weighted by Crippen LogP contribution is 2.32. The van der Waals surface area contributed by atoms with Crippen molar-refractivity contribution in [3.8, 4) is 5.75 Å². The summed E-state index contributed by atoms with van der Waals surface area (Å²) in [5, 5.41) is 11.3. The van der Waals surface area contributed by atoms with Crippen LogP contribution in [0.25, 0.3) is 11.0 Å². The standard InChI is InChI=1S/C28H28FN5O3/c1-37-21-16-14-20(15-17-21)34(26(35)18-33-25-13-7-6-12-24(25)31-32-33)27(22-10-4-5-11-23(22)29)28(36)30-19-8-2-3-9-19/h4-7,10-17,19,27H,2-3,8-9,18H2,1H3,(H,30,36)/t27-/m1/s1. The first-order valence-electron chi connectivity index (χ1n) is 12.3. The number of nitrogens with zero attached hydrogens (tertiary/aromatic N) is 4. The fourth-order valence-electron chi connectivity index (χ4n) is 4.86. The summed E-state index contributed by atoms with van der Waals surface area (Å²) in [7, 11) is 1.55. The van der Waals surface area contributed by atoms with E-state index in [2.05, 4.69) is 15.6 Å². The van der Waals surface area contributed by atoms with E-state index in [1.165, 1.54) is 15.6 Å². The van der Waals surface area contributed by atoms with E-state index in [-0.39, 0.29) is 18.2 Å². The molecule has 0 aliphatic heterocycles. The number of hydrogen-bond donors (Lipinski definition) is 1. The number of anilines is 1. The van der Waals surface area contributed by atoms with Crippen molar-refractivity contribution < 1.29 is 18.7 Å². The van der Waals surface area contributed by atoms with Gasteiger partial charge in [0.1, 0.15) is 29.7 Å². The quantitative estimate of drug-likeness (QED) is 0.386. The summed E-state index contributed by atoms with van der Waals surface area (Å²) in [6.45, 7) is -0.186. The number of benzene rings is 3. The molecule has 1 N–H and O–H groups in total. The van der Waals surface area contributed by atoms with Crippen LogP contribution in [0.1, 0.15) is 37.3 Å². The number of amides is 2. The van der Waals surface area contributed by atoms with Gasteiger partial charge in [0.05, 0.1) is 12.6 Å². The van der Waals surface area contributed by atoms with Gasteiger partial charge in [-0.3, -0.25) is 14.5 Å². The van der Waals surface area contributed by atoms with E-state index < -0.39 is 23.7 Å². The van der Waals surface area contributed by atoms with Crippen LogP contribution in [0.2, 0.25) is 0 Å². The third kappa shape index (κ3) is 5.16. The Bertz CT molecular complexity index is 1400. The smallest absolute Gasteiger partial charge is 0.249 e. The zero-order valence-corrected chi connectivity index (χ0v) is 20.5. The Morgan fingerprint density at radius 1 is 1.05 bits per heavy atom. The number of carbonyl (C=O) groups excluding carboxylic acids is 2. The lowest BCUT2D eigenvalue weighted by atomic mass is 10.0. The number of nitrogens with one attached hydrogen (secondary N) is 1. The minimum Gasteiger partial charge on any atom is -0.497 e. The number of hydrogen-bond acceptors (Lipinski definition) is 5. The average molecular weight is 502 g/mol. The number of methoxy groups -OCH3 is 1. The second kappa shape index (κ2) is 10.8. The predicted octanol–water partition coefficient (Wildman–Crippen LogP) is 4.41. The van der Waals surface area contributed by atoms with Gasteiger partial charge in [-0.05, 0) is 55.3 Å². The van der Waals surface area contributed by atoms with Gasteiger partial charge in [-0.1, -0.05) is 48.4 Å². The monoisotopic (exact) mass is 501 g/mol. The molecule has 1 atom stereocenters. The minimum absolute atomic E-state index is 0.00569. The van der Waals surface area contributed by atoms with Crippen molar-refractivity contribution in [2.75, 3.05) is 12.0 Å². The summed E-state index contributed by atoms with van der Waals surface area (Å²) >= 11 is 0. The Balaban J connectivity index is 1.58. The summed E-state index contributed by atoms with van der Waals surface area (Å²) in [4.78, 5) is 29.1. The number of rotatable bonds is 8. The van der Waals surface area contributed by atoms with Crippen LogP contribution >= 0.6 is 0 Å². The van der Waals surface area contributed by atoms with Gasteiger partial charge in [-0.15, -0.1) is 5.10 Å². The fraction of sp³-hybridized carbons (Fsp3) is 0.286. The molecule has 190 valence electrons. The predicted molar refractivity (Wildman–Crippen MR) is 138 cm³/mol. The molecule has 1 saturated carbocycles. The summed E-state index contributed by atoms with van der Waals surface area (Å²) < 4.78 is 22.0. The highest BCUT2D eigenvalue weighted by atomic mass is 19.1. The summed E-state index contributed by atoms with van der Waals surface area (Å²) in [6.07, 6.45) is 3.76. The van der Waals surface area contributed by atoms with Crippen molar-refractivity contribution in [2.24, 2.45) is 0 Å². The van der Waals surface area contributed by atoms with Gasteiger partial charge in [0.2, 0.25) is 11.8 Å². The number of aromatic nitrogens is 3. The van der Waals surface area contributed by atoms with Crippen LogP contribution in [0.5, 0.6) is 5.75 Å². The molecular weight excluding hydrogens is 473 g/mol. The molecule has 2 amide bonds. The Hall–Kier alpha value is -4.27. The topological polar surface area (TPSA) is 89.3 Å². The Morgan fingerprint density at radius 3 is 2.49 bits per heavy atom. The van der Waals surface area contributed by atoms with E-state index in [1.54, 1.807) is 49.6 Å². The van der Waals surface area contributed by atoms with E-state index in [0.29, 0.717) is 22.5 Å². The summed E-state index contributed by atoms with van der Waals surface area (Å²) in [5.41, 5.74) is 1.88. The molecule has 1 fully saturated rings. The summed E-state index contributed by atoms with van der Waals surface area (Å²) in [5.74, 6) is -0.830. The Kier molecular flexibility index (Phi) is 7.11. The molecule has 0 unspecified atom stereocenters. The summed E-state index contributed by atoms with van der Waals surface area (Å²) in [6, 6.07) is 18.9. The van der Waals surface area contributed by atoms with Crippen LogP contribution in [-0.2, 0) is 16.1 Å². The molecule has 0 spiro atoms. The zero-order chi connectivity index (χ0) is 25.8. The molecule has 4 aromatic rings. The number of fused-ring (bicyclic) bond motifs is 1. The van der Waals surface area contributed by atoms with Crippen molar-refractivity contribution >= 4 is 28.5 Å². The van der Waals surface area contributed by atoms with Crippen LogP contribution in [0.4, 0.5) is 10.1 Å². The Morgan fingerprint density at radius 2 is 1.76 bits per heavy atom. The molecule has 8 nitrogen and oxygen atoms in total. The van der Waals surface area contributed by atoms with Crippen molar-refractivity contribution in [1.82, 2.24) is 20.3 Å². The maximum Gasteiger partial charge on any atom is 0.249 e. The first-order chi connectivity index (χ1) is 18.0. The average Bonchev–Trinajstić information content (AvgIpc) is 3.58. The second-order valence-corrected chi connectivity index (χ2v) is 9.11. The molecule has 1 aromatic heterocycles. The lowest BCUT2D eigenvalue weighted by Crippen LogP contribution is -2.47. The number of ether oxygens (including phenoxy) is 1. The van der Waals surface area contributed by atoms with Gasteiger partial charge >= 0.3 is 0 Å². The molecule has 37 heavy (non-hydrogen) atoms. The van der Waals surface area contributed by atoms with Gasteiger partial charge in [-0.2, -0.15) is 0 Å². The van der Waals surface area contributed by atoms with Crippen molar-refractivity contribution in [3.63, 3.8) is 0 Å². The first-order valence-corrected chi connectivity index (χ1v) is 12.3. The van der Waals surface area contributed by atoms with Crippen LogP contribution < -0.4 is 15.0 Å². The minimum atomic E-state index is -1.22. The molecule has 5 rings (SSSR count). The molecule has 3 aromatic carbocycles. The van der Waals surface area contributed by atoms with Crippen LogP contribution in [0.15, 0.2) is 72.8 Å². The third-order valence-electron chi connectivity index (χ3n) is 6.73. The second-order valence-electron chi connectivity index (χ2n) is 9.11. The first kappa shape index (κ1) is 24.4. The van der Waals surface area contributed by atoms with E-state index in [4.69, 9.17) is 4.74 Å². The van der Waals surface area contributed by atoms with Crippen molar-refractivity contribution in [1.29, 1.82) is 0 Å². The number of halogens is 1. The largest absolute Gasteiger partial charge is 0.497 e. The Labute approximate surface area is 214 Å². The van der Waals surface area contributed by atoms with Crippen molar-refractivity contribution in [3.05, 3.63) is 84.2 Å². The zero-order valence-electron chi connectivity index (χ0n) is 20.5. The van der Waals surface area contributed by atoms with Gasteiger partial charge < -0.3 is 10.1 Å². The van der Waals surface area contributed by atoms with Gasteiger partial charge in [0, 0.05) is 17.3 Å². The number of para-hydroxylation sites is 1. The van der Waals surface area contributed by atoms with Crippen LogP contribution in [-0.4, -0.2) is 40.0 Å². The lowest BCUT2D eigenvalue weighted by molar-refractivity contribution is -0.127. The molecule has 0 bridgehead atoms. The van der Waals surface area contributed by atoms with Crippen molar-refractivity contribution in [2.45, 2.75) is 44.3 Å². The number of carbonyl (C=O) groups is 2. The van der Waals surface area contributed by atoms with Crippen LogP contribution in [0, 0.1) is 5.82 Å². The normalized spacial score (nSPS) is 14.4. The lowest BCUT2D eigenvalue weighted by Gasteiger charge is -2.32. The molecule has 9 heteroatoms. The molecule has 0 saturated heterocycles. The van der Waals surface area contributed by atoms with Gasteiger partial charge in [0.15, 0.2) is 0 Å². The van der Waals surface area contributed by atoms with E-state index >= 15 is 4.39 Å². The van der Waals surface area contributed by atoms with E-state index in [1.807, 2.05) is 24.3 Å². The van der Waals surface area contributed by atoms with Crippen LogP contribution in [0.3, 0.4) is 0 Å². The van der Waals surface area contributed by atoms with E-state index in [0.717, 1.165) is 25.7 Å². The maximum absolute atomic E-state index is 15.2. The fourth-order valence-corrected chi connectivity index (χ4v) is 4.86. The van der Waals surface area contributed by atoms with E-state index in [9.17, 15) is 9.59 Å². The molecule has 1 aliphatic carbocycles. The molecule has 1 aliphatic rings. The molecule has 0 radical (unpaired) electrons. The SMILES string of the molecule is COc1ccc(N(C(=O)Cn2nnc3ccccc32)[C@@H](C(=O)NC2CCCC2)c2ccccc2F)cc1. The maximum atomic E-state index is 15.2. The van der Waals surface area contributed by atoms with Gasteiger partial charge in [0.25, 0.3) is 0 Å². The highest BCUT2D eigenvalue weighted by molar-refractivity contribution is 6.01. The third-order valence-corrected chi connectivity index (χ3v) is 6.73. The molecule has 1 heterocycles. The van der Waals surface area contributed by atoms with Gasteiger partial charge in [-0.25, -0.2) is 9.07 Å².